The Labute approximate surface area is 121 Å². The smallest absolute Gasteiger partial charge is 0.243 e. The minimum Gasteiger partial charge on any atom is -0.377 e. The van der Waals surface area contributed by atoms with Crippen molar-refractivity contribution >= 4 is 5.91 Å². The van der Waals surface area contributed by atoms with E-state index in [1.807, 2.05) is 4.90 Å². The molecule has 0 bridgehead atoms. The largest absolute Gasteiger partial charge is 0.377 e. The van der Waals surface area contributed by atoms with Gasteiger partial charge < -0.3 is 20.3 Å². The van der Waals surface area contributed by atoms with Gasteiger partial charge in [0, 0.05) is 44.1 Å². The van der Waals surface area contributed by atoms with Crippen molar-refractivity contribution in [3.05, 3.63) is 0 Å². The fourth-order valence-corrected chi connectivity index (χ4v) is 4.35. The molecule has 114 valence electrons. The van der Waals surface area contributed by atoms with Gasteiger partial charge in [0.05, 0.1) is 6.10 Å². The first-order valence-corrected chi connectivity index (χ1v) is 7.85. The van der Waals surface area contributed by atoms with Crippen LogP contribution in [0, 0.1) is 11.3 Å². The molecule has 0 spiro atoms. The van der Waals surface area contributed by atoms with Gasteiger partial charge in [-0.05, 0) is 13.0 Å². The molecule has 1 amide bonds. The number of carbonyl (C=O) groups excluding carboxylic acids is 1. The molecule has 3 fully saturated rings. The van der Waals surface area contributed by atoms with E-state index in [4.69, 9.17) is 10.5 Å². The Kier molecular flexibility index (Phi) is 3.35. The predicted octanol–water partition coefficient (Wildman–Crippen LogP) is 0.293. The summed E-state index contributed by atoms with van der Waals surface area (Å²) in [5.41, 5.74) is 5.63. The van der Waals surface area contributed by atoms with Crippen LogP contribution in [0.15, 0.2) is 0 Å². The average molecular weight is 281 g/mol. The fraction of sp³-hybridized carbons (Fsp3) is 0.933. The van der Waals surface area contributed by atoms with Gasteiger partial charge in [0.25, 0.3) is 0 Å². The molecule has 1 aliphatic carbocycles. The second kappa shape index (κ2) is 4.68. The monoisotopic (exact) mass is 281 g/mol. The Morgan fingerprint density at radius 3 is 2.55 bits per heavy atom. The number of likely N-dealkylation sites (N-methyl/N-ethyl adjacent to an activating group) is 1. The zero-order valence-corrected chi connectivity index (χ0v) is 12.9. The van der Waals surface area contributed by atoms with Crippen LogP contribution in [-0.2, 0) is 9.53 Å². The van der Waals surface area contributed by atoms with Gasteiger partial charge in [-0.2, -0.15) is 0 Å². The van der Waals surface area contributed by atoms with Crippen molar-refractivity contribution in [1.82, 2.24) is 9.80 Å². The Balaban J connectivity index is 1.74. The van der Waals surface area contributed by atoms with E-state index in [-0.39, 0.29) is 23.3 Å². The van der Waals surface area contributed by atoms with Crippen LogP contribution in [0.1, 0.15) is 27.2 Å². The normalized spacial score (nSPS) is 40.3. The predicted molar refractivity (Wildman–Crippen MR) is 77.2 cm³/mol. The number of carbonyl (C=O) groups is 1. The van der Waals surface area contributed by atoms with Crippen LogP contribution < -0.4 is 5.73 Å². The minimum atomic E-state index is -0.734. The summed E-state index contributed by atoms with van der Waals surface area (Å²) in [6.07, 6.45) is 1.08. The molecule has 1 saturated carbocycles. The third-order valence-electron chi connectivity index (χ3n) is 5.91. The number of ether oxygens (including phenoxy) is 1. The summed E-state index contributed by atoms with van der Waals surface area (Å²) in [7, 11) is 0. The lowest BCUT2D eigenvalue weighted by molar-refractivity contribution is -0.185. The summed E-state index contributed by atoms with van der Waals surface area (Å²) < 4.78 is 5.78. The highest BCUT2D eigenvalue weighted by atomic mass is 16.5. The molecule has 0 radical (unpaired) electrons. The quantitative estimate of drug-likeness (QED) is 0.790. The molecule has 2 N–H and O–H groups in total. The summed E-state index contributed by atoms with van der Waals surface area (Å²) in [4.78, 5) is 17.3. The van der Waals surface area contributed by atoms with Gasteiger partial charge in [0.1, 0.15) is 5.54 Å². The van der Waals surface area contributed by atoms with Crippen LogP contribution in [0.3, 0.4) is 0 Å². The van der Waals surface area contributed by atoms with Crippen molar-refractivity contribution in [2.45, 2.75) is 38.8 Å². The first kappa shape index (κ1) is 14.3. The van der Waals surface area contributed by atoms with Gasteiger partial charge in [0.2, 0.25) is 5.91 Å². The molecule has 0 aromatic carbocycles. The molecule has 0 aromatic rings. The Morgan fingerprint density at radius 1 is 1.30 bits per heavy atom. The first-order chi connectivity index (χ1) is 9.42. The van der Waals surface area contributed by atoms with Crippen molar-refractivity contribution in [3.8, 4) is 0 Å². The number of hydrogen-bond acceptors (Lipinski definition) is 4. The van der Waals surface area contributed by atoms with Crippen LogP contribution in [0.5, 0.6) is 0 Å². The van der Waals surface area contributed by atoms with Gasteiger partial charge in [-0.15, -0.1) is 0 Å². The Hall–Kier alpha value is -0.650. The molecule has 3 atom stereocenters. The van der Waals surface area contributed by atoms with E-state index in [9.17, 15) is 4.79 Å². The van der Waals surface area contributed by atoms with Gasteiger partial charge in [-0.25, -0.2) is 0 Å². The van der Waals surface area contributed by atoms with Crippen molar-refractivity contribution < 1.29 is 9.53 Å². The maximum absolute atomic E-state index is 13.0. The fourth-order valence-electron chi connectivity index (χ4n) is 4.35. The summed E-state index contributed by atoms with van der Waals surface area (Å²) in [6.45, 7) is 11.7. The molecule has 3 aliphatic rings. The van der Waals surface area contributed by atoms with E-state index < -0.39 is 5.54 Å². The van der Waals surface area contributed by atoms with Crippen LogP contribution in [0.25, 0.3) is 0 Å². The highest BCUT2D eigenvalue weighted by Crippen LogP contribution is 2.58. The van der Waals surface area contributed by atoms with Crippen LogP contribution >= 0.6 is 0 Å². The van der Waals surface area contributed by atoms with Crippen LogP contribution in [-0.4, -0.2) is 66.7 Å². The summed E-state index contributed by atoms with van der Waals surface area (Å²) in [6, 6.07) is 0. The van der Waals surface area contributed by atoms with E-state index in [2.05, 4.69) is 25.7 Å². The van der Waals surface area contributed by atoms with Crippen molar-refractivity contribution in [3.63, 3.8) is 0 Å². The van der Waals surface area contributed by atoms with Gasteiger partial charge >= 0.3 is 0 Å². The third-order valence-corrected chi connectivity index (χ3v) is 5.91. The van der Waals surface area contributed by atoms with Gasteiger partial charge in [-0.1, -0.05) is 20.8 Å². The van der Waals surface area contributed by atoms with Gasteiger partial charge in [0.15, 0.2) is 0 Å². The second-order valence-electron chi connectivity index (χ2n) is 7.00. The number of nitrogens with two attached hydrogens (primary N) is 1. The summed E-state index contributed by atoms with van der Waals surface area (Å²) in [5.74, 6) is 0.346. The van der Waals surface area contributed by atoms with Crippen molar-refractivity contribution in [2.24, 2.45) is 17.1 Å². The standard InChI is InChI=1S/C15H27N3O2/c1-4-17-6-8-18(9-7-17)13(19)15(16)11-5-10-20-12(11)14(15,2)3/h11-12H,4-10,16H2,1-3H3. The molecule has 3 rings (SSSR count). The van der Waals surface area contributed by atoms with E-state index in [0.717, 1.165) is 45.8 Å². The first-order valence-electron chi connectivity index (χ1n) is 7.85. The molecular weight excluding hydrogens is 254 g/mol. The molecular formula is C15H27N3O2. The third kappa shape index (κ3) is 1.69. The maximum atomic E-state index is 13.0. The topological polar surface area (TPSA) is 58.8 Å². The number of rotatable bonds is 2. The molecule has 2 saturated heterocycles. The molecule has 3 unspecified atom stereocenters. The number of amides is 1. The molecule has 5 nitrogen and oxygen atoms in total. The van der Waals surface area contributed by atoms with Crippen LogP contribution in [0.4, 0.5) is 0 Å². The summed E-state index contributed by atoms with van der Waals surface area (Å²) in [5, 5.41) is 0. The zero-order chi connectivity index (χ0) is 14.5. The number of nitrogens with zero attached hydrogens (tertiary/aromatic N) is 2. The zero-order valence-electron chi connectivity index (χ0n) is 12.9. The minimum absolute atomic E-state index is 0.144. The highest BCUT2D eigenvalue weighted by Gasteiger charge is 2.71. The van der Waals surface area contributed by atoms with Crippen molar-refractivity contribution in [1.29, 1.82) is 0 Å². The molecule has 20 heavy (non-hydrogen) atoms. The van der Waals surface area contributed by atoms with Crippen molar-refractivity contribution in [2.75, 3.05) is 39.3 Å². The van der Waals surface area contributed by atoms with E-state index in [1.165, 1.54) is 0 Å². The lowest BCUT2D eigenvalue weighted by Gasteiger charge is -2.62. The number of fused-ring (bicyclic) bond motifs is 1. The Bertz CT molecular complexity index is 404. The Morgan fingerprint density at radius 2 is 1.95 bits per heavy atom. The SMILES string of the molecule is CCN1CCN(C(=O)C2(N)C3CCOC3C2(C)C)CC1. The molecule has 5 heteroatoms. The van der Waals surface area contributed by atoms with E-state index in [0.29, 0.717) is 0 Å². The molecule has 2 heterocycles. The van der Waals surface area contributed by atoms with E-state index in [1.54, 1.807) is 0 Å². The number of piperazine rings is 1. The average Bonchev–Trinajstić information content (AvgIpc) is 2.94. The maximum Gasteiger partial charge on any atom is 0.243 e. The van der Waals surface area contributed by atoms with Gasteiger partial charge in [-0.3, -0.25) is 4.79 Å². The summed E-state index contributed by atoms with van der Waals surface area (Å²) >= 11 is 0. The number of hydrogen-bond donors (Lipinski definition) is 1. The molecule has 0 aromatic heterocycles. The molecule has 2 aliphatic heterocycles. The lowest BCUT2D eigenvalue weighted by atomic mass is 9.47. The second-order valence-corrected chi connectivity index (χ2v) is 7.00. The lowest BCUT2D eigenvalue weighted by Crippen LogP contribution is -2.80. The van der Waals surface area contributed by atoms with Crippen LogP contribution in [0.2, 0.25) is 0 Å². The van der Waals surface area contributed by atoms with E-state index >= 15 is 0 Å². The highest BCUT2D eigenvalue weighted by molar-refractivity contribution is 5.89.